The van der Waals surface area contributed by atoms with Gasteiger partial charge in [0.05, 0.1) is 28.8 Å². The monoisotopic (exact) mass is 982 g/mol. The number of alkyl halides is 6. The topological polar surface area (TPSA) is 154 Å². The van der Waals surface area contributed by atoms with E-state index in [0.717, 1.165) is 76.9 Å². The number of hydrogen-bond donors (Lipinski definition) is 3. The number of pyridine rings is 6. The van der Waals surface area contributed by atoms with E-state index in [0.29, 0.717) is 47.0 Å². The number of urea groups is 1. The van der Waals surface area contributed by atoms with Gasteiger partial charge in [-0.3, -0.25) is 20.2 Å². The molecule has 4 bridgehead atoms. The highest BCUT2D eigenvalue weighted by molar-refractivity contribution is 9.10. The van der Waals surface area contributed by atoms with Crippen LogP contribution in [-0.2, 0) is 12.4 Å². The minimum Gasteiger partial charge on any atom is -0.384 e. The highest BCUT2D eigenvalue weighted by atomic mass is 79.9. The summed E-state index contributed by atoms with van der Waals surface area (Å²) in [5.74, 6) is 2.08. The van der Waals surface area contributed by atoms with Gasteiger partial charge in [0.15, 0.2) is 11.6 Å². The van der Waals surface area contributed by atoms with Crippen molar-refractivity contribution < 1.29 is 31.1 Å². The largest absolute Gasteiger partial charge is 0.433 e. The van der Waals surface area contributed by atoms with E-state index in [1.807, 2.05) is 12.1 Å². The van der Waals surface area contributed by atoms with E-state index >= 15 is 0 Å². The highest BCUT2D eigenvalue weighted by Crippen LogP contribution is 2.41. The quantitative estimate of drug-likeness (QED) is 0.145. The van der Waals surface area contributed by atoms with E-state index in [4.69, 9.17) is 5.73 Å². The van der Waals surface area contributed by atoms with Gasteiger partial charge >= 0.3 is 18.4 Å². The van der Waals surface area contributed by atoms with Crippen LogP contribution in [0.15, 0.2) is 107 Å². The summed E-state index contributed by atoms with van der Waals surface area (Å²) < 4.78 is 79.4. The molecule has 2 saturated heterocycles. The van der Waals surface area contributed by atoms with Crippen LogP contribution in [0.3, 0.4) is 0 Å². The smallest absolute Gasteiger partial charge is 0.384 e. The van der Waals surface area contributed by atoms with E-state index in [9.17, 15) is 31.1 Å². The number of anilines is 6. The van der Waals surface area contributed by atoms with Crippen molar-refractivity contribution in [2.24, 2.45) is 0 Å². The summed E-state index contributed by atoms with van der Waals surface area (Å²) in [7, 11) is 0. The first kappa shape index (κ1) is 42.6. The van der Waals surface area contributed by atoms with Crippen molar-refractivity contribution >= 4 is 72.5 Å². The lowest BCUT2D eigenvalue weighted by Crippen LogP contribution is -2.48. The Labute approximate surface area is 367 Å². The number of halogens is 8. The number of nitrogens with one attached hydrogen (secondary N) is 2. The summed E-state index contributed by atoms with van der Waals surface area (Å²) in [6, 6.07) is 19.0. The van der Waals surface area contributed by atoms with Crippen molar-refractivity contribution in [3.05, 3.63) is 118 Å². The lowest BCUT2D eigenvalue weighted by atomic mass is 10.1. The highest BCUT2D eigenvalue weighted by Gasteiger charge is 2.41. The molecule has 0 aliphatic carbocycles. The molecule has 0 saturated carbocycles. The van der Waals surface area contributed by atoms with Gasteiger partial charge in [0, 0.05) is 77.1 Å². The lowest BCUT2D eigenvalue weighted by molar-refractivity contribution is -0.141. The van der Waals surface area contributed by atoms with E-state index in [1.165, 1.54) is 12.3 Å². The van der Waals surface area contributed by atoms with Gasteiger partial charge in [-0.05, 0) is 85.6 Å². The normalized spacial score (nSPS) is 17.1. The molecule has 6 aromatic heterocycles. The second-order valence-corrected chi connectivity index (χ2v) is 16.3. The Morgan fingerprint density at radius 1 is 0.694 bits per heavy atom. The second kappa shape index (κ2) is 17.3. The van der Waals surface area contributed by atoms with Crippen LogP contribution in [0.5, 0.6) is 0 Å². The number of amides is 2. The summed E-state index contributed by atoms with van der Waals surface area (Å²) in [6.45, 7) is 3.38. The molecule has 0 unspecified atom stereocenters. The Bertz CT molecular complexity index is 2600. The molecule has 62 heavy (non-hydrogen) atoms. The fraction of sp³-hybridized carbons (Fsp3) is 0.244. The van der Waals surface area contributed by atoms with Gasteiger partial charge in [0.25, 0.3) is 0 Å². The van der Waals surface area contributed by atoms with Gasteiger partial charge < -0.3 is 20.9 Å². The molecule has 4 aliphatic heterocycles. The van der Waals surface area contributed by atoms with Crippen LogP contribution in [0.2, 0.25) is 0 Å². The summed E-state index contributed by atoms with van der Waals surface area (Å²) in [5.41, 5.74) is 6.75. The number of nitrogens with zero attached hydrogens (tertiary/aromatic N) is 9. The SMILES string of the molecule is FC(F)(F)c1cc(-c2ccc3c(n2)N[C@H]2CCN3C2)ccn1.Nc1cc(Br)ccn1.O=C(Nc1cc(Br)ccn1)N1c2nc(-c3ccnc(C(F)(F)F)c3)ccc2N2CC[C@H]1C2. The van der Waals surface area contributed by atoms with Crippen molar-refractivity contribution in [2.45, 2.75) is 37.3 Å². The van der Waals surface area contributed by atoms with Crippen LogP contribution < -0.4 is 31.1 Å². The molecule has 320 valence electrons. The zero-order valence-corrected chi connectivity index (χ0v) is 35.3. The van der Waals surface area contributed by atoms with E-state index in [2.05, 4.69) is 82.2 Å². The average molecular weight is 985 g/mol. The zero-order valence-electron chi connectivity index (χ0n) is 32.2. The Balaban J connectivity index is 0.000000151. The predicted octanol–water partition coefficient (Wildman–Crippen LogP) is 9.54. The first-order valence-corrected chi connectivity index (χ1v) is 20.6. The Hall–Kier alpha value is -6.09. The minimum absolute atomic E-state index is 0.0967. The Morgan fingerprint density at radius 3 is 1.89 bits per heavy atom. The lowest BCUT2D eigenvalue weighted by Gasteiger charge is -2.35. The fourth-order valence-electron chi connectivity index (χ4n) is 7.45. The molecule has 6 aromatic rings. The molecular formula is C41H34Br2F6N12O. The maximum absolute atomic E-state index is 13.2. The number of aromatic nitrogens is 6. The van der Waals surface area contributed by atoms with Gasteiger partial charge in [-0.2, -0.15) is 26.3 Å². The molecule has 2 fully saturated rings. The van der Waals surface area contributed by atoms with E-state index in [1.54, 1.807) is 59.8 Å². The minimum atomic E-state index is -4.56. The number of fused-ring (bicyclic) bond motifs is 8. The maximum atomic E-state index is 13.2. The average Bonchev–Trinajstić information content (AvgIpc) is 3.84. The first-order valence-electron chi connectivity index (χ1n) is 19.0. The van der Waals surface area contributed by atoms with Crippen LogP contribution in [0.25, 0.3) is 22.5 Å². The van der Waals surface area contributed by atoms with Crippen molar-refractivity contribution in [1.82, 2.24) is 29.9 Å². The van der Waals surface area contributed by atoms with Crippen LogP contribution in [0.4, 0.5) is 65.8 Å². The fourth-order valence-corrected chi connectivity index (χ4v) is 8.14. The third-order valence-corrected chi connectivity index (χ3v) is 11.3. The molecular weight excluding hydrogens is 950 g/mol. The zero-order chi connectivity index (χ0) is 43.8. The van der Waals surface area contributed by atoms with Crippen molar-refractivity contribution in [1.29, 1.82) is 0 Å². The Morgan fingerprint density at radius 2 is 1.27 bits per heavy atom. The molecule has 0 spiro atoms. The van der Waals surface area contributed by atoms with Crippen molar-refractivity contribution in [3.63, 3.8) is 0 Å². The van der Waals surface area contributed by atoms with Crippen molar-refractivity contribution in [3.8, 4) is 22.5 Å². The third-order valence-electron chi connectivity index (χ3n) is 10.3. The second-order valence-electron chi connectivity index (χ2n) is 14.5. The van der Waals surface area contributed by atoms with Gasteiger partial charge in [0.2, 0.25) is 0 Å². The number of nitrogen functional groups attached to an aromatic ring is 1. The molecule has 10 rings (SSSR count). The van der Waals surface area contributed by atoms with Crippen molar-refractivity contribution in [2.75, 3.05) is 57.2 Å². The number of hydrogen-bond acceptors (Lipinski definition) is 11. The van der Waals surface area contributed by atoms with Gasteiger partial charge in [-0.1, -0.05) is 31.9 Å². The number of nitrogens with two attached hydrogens (primary N) is 1. The Kier molecular flexibility index (Phi) is 11.9. The molecule has 2 amide bonds. The molecule has 10 heterocycles. The standard InChI is InChI=1S/C21H16BrF3N6O.C15H13F3N4.C5H5BrN2/c22-13-4-7-27-18(10-13)29-20(32)31-14-5-8-30(11-14)16-2-1-15(28-19(16)31)12-3-6-26-17(9-12)21(23,24)25;16-15(17,18)13-7-9(3-5-19-13)11-1-2-12-14(21-11)20-10-4-6-22(12)8-10;6-4-1-2-8-5(7)3-4/h1-4,6-7,9-10,14H,5,8,11H2,(H,27,29,32);1-3,5,7,10H,4,6,8H2,(H,20,21);1-3H,(H2,7,8)/t14-;10-;/m00./s1. The molecule has 0 radical (unpaired) electrons. The summed E-state index contributed by atoms with van der Waals surface area (Å²) >= 11 is 6.59. The van der Waals surface area contributed by atoms with Crippen LogP contribution in [0, 0.1) is 0 Å². The molecule has 0 aromatic carbocycles. The summed E-state index contributed by atoms with van der Waals surface area (Å²) in [4.78, 5) is 43.0. The van der Waals surface area contributed by atoms with E-state index in [-0.39, 0.29) is 11.6 Å². The van der Waals surface area contributed by atoms with Gasteiger partial charge in [-0.25, -0.2) is 24.7 Å². The maximum Gasteiger partial charge on any atom is 0.433 e. The van der Waals surface area contributed by atoms with Crippen LogP contribution in [0.1, 0.15) is 24.2 Å². The van der Waals surface area contributed by atoms with Crippen LogP contribution >= 0.6 is 31.9 Å². The number of rotatable bonds is 3. The molecule has 13 nitrogen and oxygen atoms in total. The first-order chi connectivity index (χ1) is 29.6. The third kappa shape index (κ3) is 9.52. The number of carbonyl (C=O) groups is 1. The molecule has 4 N–H and O–H groups in total. The predicted molar refractivity (Wildman–Crippen MR) is 230 cm³/mol. The van der Waals surface area contributed by atoms with E-state index < -0.39 is 29.8 Å². The molecule has 4 aliphatic rings. The molecule has 21 heteroatoms. The summed E-state index contributed by atoms with van der Waals surface area (Å²) in [5, 5.41) is 6.15. The van der Waals surface area contributed by atoms with Gasteiger partial charge in [0.1, 0.15) is 23.0 Å². The number of carbonyl (C=O) groups excluding carboxylic acids is 1. The van der Waals surface area contributed by atoms with Crippen LogP contribution in [-0.4, -0.2) is 74.2 Å². The van der Waals surface area contributed by atoms with Gasteiger partial charge in [-0.15, -0.1) is 0 Å². The molecule has 2 atom stereocenters. The summed E-state index contributed by atoms with van der Waals surface area (Å²) in [6.07, 6.45) is -1.70.